The summed E-state index contributed by atoms with van der Waals surface area (Å²) in [7, 11) is 3.15. The standard InChI is InChI=1S/C10H13Cl2N3O2/c1-6(10(16)17-3)5-15(2)7-4-8(11)13-14-9(7)12/h4,6H,5H2,1-3H3. The van der Waals surface area contributed by atoms with Gasteiger partial charge in [0, 0.05) is 19.7 Å². The Kier molecular flexibility index (Phi) is 4.96. The van der Waals surface area contributed by atoms with Gasteiger partial charge in [-0.25, -0.2) is 0 Å². The highest BCUT2D eigenvalue weighted by molar-refractivity contribution is 6.33. The lowest BCUT2D eigenvalue weighted by atomic mass is 10.1. The number of anilines is 1. The number of esters is 1. The van der Waals surface area contributed by atoms with E-state index in [9.17, 15) is 4.79 Å². The minimum Gasteiger partial charge on any atom is -0.469 e. The van der Waals surface area contributed by atoms with Crippen LogP contribution >= 0.6 is 23.2 Å². The Hall–Kier alpha value is -1.07. The molecule has 0 bridgehead atoms. The molecule has 1 unspecified atom stereocenters. The average molecular weight is 278 g/mol. The topological polar surface area (TPSA) is 55.3 Å². The summed E-state index contributed by atoms with van der Waals surface area (Å²) in [6, 6.07) is 1.60. The van der Waals surface area contributed by atoms with E-state index in [1.54, 1.807) is 24.9 Å². The van der Waals surface area contributed by atoms with Crippen molar-refractivity contribution in [3.05, 3.63) is 16.4 Å². The molecule has 0 saturated heterocycles. The molecule has 0 fully saturated rings. The van der Waals surface area contributed by atoms with Crippen LogP contribution in [0.2, 0.25) is 10.3 Å². The van der Waals surface area contributed by atoms with E-state index < -0.39 is 0 Å². The molecule has 1 heterocycles. The molecule has 94 valence electrons. The van der Waals surface area contributed by atoms with Crippen LogP contribution in [0.5, 0.6) is 0 Å². The van der Waals surface area contributed by atoms with E-state index in [1.165, 1.54) is 7.11 Å². The van der Waals surface area contributed by atoms with Crippen LogP contribution in [0.1, 0.15) is 6.92 Å². The molecule has 1 aromatic rings. The Morgan fingerprint density at radius 3 is 2.76 bits per heavy atom. The Labute approximate surface area is 110 Å². The number of methoxy groups -OCH3 is 1. The SMILES string of the molecule is COC(=O)C(C)CN(C)c1cc(Cl)nnc1Cl. The number of rotatable bonds is 4. The zero-order valence-electron chi connectivity index (χ0n) is 9.78. The first-order valence-electron chi connectivity index (χ1n) is 4.93. The van der Waals surface area contributed by atoms with E-state index in [1.807, 2.05) is 0 Å². The van der Waals surface area contributed by atoms with Crippen LogP contribution in [-0.4, -0.2) is 36.9 Å². The van der Waals surface area contributed by atoms with E-state index in [0.29, 0.717) is 12.2 Å². The summed E-state index contributed by atoms with van der Waals surface area (Å²) in [6.45, 7) is 2.22. The second-order valence-corrected chi connectivity index (χ2v) is 4.39. The van der Waals surface area contributed by atoms with Crippen molar-refractivity contribution in [2.45, 2.75) is 6.92 Å². The quantitative estimate of drug-likeness (QED) is 0.789. The summed E-state index contributed by atoms with van der Waals surface area (Å²) in [5, 5.41) is 7.81. The van der Waals surface area contributed by atoms with Crippen molar-refractivity contribution in [2.24, 2.45) is 5.92 Å². The van der Waals surface area contributed by atoms with E-state index in [2.05, 4.69) is 14.9 Å². The molecule has 0 aromatic carbocycles. The Balaban J connectivity index is 2.79. The van der Waals surface area contributed by atoms with Crippen molar-refractivity contribution < 1.29 is 9.53 Å². The van der Waals surface area contributed by atoms with Crippen LogP contribution in [0.4, 0.5) is 5.69 Å². The van der Waals surface area contributed by atoms with E-state index >= 15 is 0 Å². The summed E-state index contributed by atoms with van der Waals surface area (Å²) in [5.41, 5.74) is 0.627. The van der Waals surface area contributed by atoms with Gasteiger partial charge in [0.1, 0.15) is 0 Å². The third-order valence-electron chi connectivity index (χ3n) is 2.26. The summed E-state index contributed by atoms with van der Waals surface area (Å²) in [6.07, 6.45) is 0. The Morgan fingerprint density at radius 2 is 2.18 bits per heavy atom. The maximum absolute atomic E-state index is 11.3. The van der Waals surface area contributed by atoms with Crippen LogP contribution in [0.25, 0.3) is 0 Å². The maximum atomic E-state index is 11.3. The molecule has 0 spiro atoms. The van der Waals surface area contributed by atoms with Gasteiger partial charge in [-0.2, -0.15) is 0 Å². The van der Waals surface area contributed by atoms with Gasteiger partial charge in [0.25, 0.3) is 0 Å². The number of aromatic nitrogens is 2. The average Bonchev–Trinajstić information content (AvgIpc) is 2.30. The van der Waals surface area contributed by atoms with Gasteiger partial charge in [0.2, 0.25) is 0 Å². The monoisotopic (exact) mass is 277 g/mol. The van der Waals surface area contributed by atoms with Gasteiger partial charge in [-0.3, -0.25) is 4.79 Å². The smallest absolute Gasteiger partial charge is 0.310 e. The lowest BCUT2D eigenvalue weighted by molar-refractivity contribution is -0.144. The third kappa shape index (κ3) is 3.71. The van der Waals surface area contributed by atoms with Gasteiger partial charge in [0.15, 0.2) is 10.3 Å². The van der Waals surface area contributed by atoms with Crippen molar-refractivity contribution in [1.29, 1.82) is 0 Å². The Morgan fingerprint density at radius 1 is 1.53 bits per heavy atom. The third-order valence-corrected chi connectivity index (χ3v) is 2.72. The van der Waals surface area contributed by atoms with Gasteiger partial charge >= 0.3 is 5.97 Å². The molecule has 7 heteroatoms. The van der Waals surface area contributed by atoms with E-state index in [-0.39, 0.29) is 22.2 Å². The molecule has 1 aromatic heterocycles. The fraction of sp³-hybridized carbons (Fsp3) is 0.500. The first-order valence-corrected chi connectivity index (χ1v) is 5.69. The van der Waals surface area contributed by atoms with Gasteiger partial charge in [-0.1, -0.05) is 30.1 Å². The lowest BCUT2D eigenvalue weighted by Gasteiger charge is -2.22. The van der Waals surface area contributed by atoms with Crippen molar-refractivity contribution >= 4 is 34.9 Å². The number of nitrogens with zero attached hydrogens (tertiary/aromatic N) is 3. The van der Waals surface area contributed by atoms with Gasteiger partial charge in [-0.15, -0.1) is 10.2 Å². The molecule has 0 N–H and O–H groups in total. The molecule has 17 heavy (non-hydrogen) atoms. The predicted octanol–water partition coefficient (Wildman–Crippen LogP) is 2.03. The van der Waals surface area contributed by atoms with Gasteiger partial charge < -0.3 is 9.64 Å². The second-order valence-electron chi connectivity index (χ2n) is 3.65. The molecular weight excluding hydrogens is 265 g/mol. The van der Waals surface area contributed by atoms with Gasteiger partial charge in [-0.05, 0) is 0 Å². The molecular formula is C10H13Cl2N3O2. The molecule has 0 amide bonds. The number of hydrogen-bond acceptors (Lipinski definition) is 5. The first-order chi connectivity index (χ1) is 7.95. The van der Waals surface area contributed by atoms with E-state index in [0.717, 1.165) is 0 Å². The Bertz CT molecular complexity index is 415. The highest BCUT2D eigenvalue weighted by Gasteiger charge is 2.18. The fourth-order valence-electron chi connectivity index (χ4n) is 1.40. The predicted molar refractivity (Wildman–Crippen MR) is 66.5 cm³/mol. The van der Waals surface area contributed by atoms with Crippen LogP contribution in [0, 0.1) is 5.92 Å². The van der Waals surface area contributed by atoms with Crippen molar-refractivity contribution in [1.82, 2.24) is 10.2 Å². The molecule has 1 atom stereocenters. The van der Waals surface area contributed by atoms with Crippen LogP contribution in [-0.2, 0) is 9.53 Å². The molecule has 0 saturated carbocycles. The summed E-state index contributed by atoms with van der Waals surface area (Å²) < 4.78 is 4.65. The molecule has 1 rings (SSSR count). The maximum Gasteiger partial charge on any atom is 0.310 e. The number of carbonyl (C=O) groups is 1. The summed E-state index contributed by atoms with van der Waals surface area (Å²) in [5.74, 6) is -0.547. The van der Waals surface area contributed by atoms with Crippen molar-refractivity contribution in [2.75, 3.05) is 25.6 Å². The summed E-state index contributed by atoms with van der Waals surface area (Å²) in [4.78, 5) is 13.1. The minimum atomic E-state index is -0.277. The first kappa shape index (κ1) is 14.0. The molecule has 0 aliphatic carbocycles. The van der Waals surface area contributed by atoms with Crippen LogP contribution < -0.4 is 4.90 Å². The normalized spacial score (nSPS) is 12.1. The number of hydrogen-bond donors (Lipinski definition) is 0. The lowest BCUT2D eigenvalue weighted by Crippen LogP contribution is -2.29. The second kappa shape index (κ2) is 6.02. The van der Waals surface area contributed by atoms with Crippen LogP contribution in [0.3, 0.4) is 0 Å². The minimum absolute atomic E-state index is 0.244. The van der Waals surface area contributed by atoms with E-state index in [4.69, 9.17) is 23.2 Å². The van der Waals surface area contributed by atoms with Gasteiger partial charge in [0.05, 0.1) is 18.7 Å². The highest BCUT2D eigenvalue weighted by Crippen LogP contribution is 2.24. The molecule has 0 radical (unpaired) electrons. The molecule has 5 nitrogen and oxygen atoms in total. The fourth-order valence-corrected chi connectivity index (χ4v) is 1.77. The number of halogens is 2. The largest absolute Gasteiger partial charge is 0.469 e. The van der Waals surface area contributed by atoms with Crippen molar-refractivity contribution in [3.63, 3.8) is 0 Å². The highest BCUT2D eigenvalue weighted by atomic mass is 35.5. The number of ether oxygens (including phenoxy) is 1. The summed E-state index contributed by atoms with van der Waals surface area (Å²) >= 11 is 11.6. The zero-order valence-corrected chi connectivity index (χ0v) is 11.3. The zero-order chi connectivity index (χ0) is 13.0. The van der Waals surface area contributed by atoms with Crippen molar-refractivity contribution in [3.8, 4) is 0 Å². The van der Waals surface area contributed by atoms with Crippen LogP contribution in [0.15, 0.2) is 6.07 Å². The number of carbonyl (C=O) groups excluding carboxylic acids is 1. The molecule has 0 aliphatic heterocycles. The molecule has 0 aliphatic rings.